The van der Waals surface area contributed by atoms with Gasteiger partial charge in [0.1, 0.15) is 0 Å². The molecule has 3 rings (SSSR count). The summed E-state index contributed by atoms with van der Waals surface area (Å²) in [5.41, 5.74) is 3.18. The fourth-order valence-corrected chi connectivity index (χ4v) is 3.34. The molecule has 25 heavy (non-hydrogen) atoms. The number of hydrogen-bond acceptors (Lipinski definition) is 4. The summed E-state index contributed by atoms with van der Waals surface area (Å²) in [5, 5.41) is 8.75. The number of aromatic nitrogens is 3. The molecule has 6 nitrogen and oxygen atoms in total. The summed E-state index contributed by atoms with van der Waals surface area (Å²) >= 11 is 7.43. The average molecular weight is 377 g/mol. The summed E-state index contributed by atoms with van der Waals surface area (Å²) in [6, 6.07) is 5.30. The van der Waals surface area contributed by atoms with E-state index in [9.17, 15) is 9.59 Å². The first-order chi connectivity index (χ1) is 11.8. The molecule has 0 saturated carbocycles. The summed E-state index contributed by atoms with van der Waals surface area (Å²) in [6.45, 7) is 5.52. The SMILES string of the molecule is Cc1csc(-n2[nH]c(C)c(CC(=O)Nc3ccc(C)c(Cl)c3)c2=O)n1. The minimum Gasteiger partial charge on any atom is -0.326 e. The maximum atomic E-state index is 12.6. The first-order valence-electron chi connectivity index (χ1n) is 7.64. The van der Waals surface area contributed by atoms with E-state index < -0.39 is 0 Å². The van der Waals surface area contributed by atoms with Crippen molar-refractivity contribution in [3.05, 3.63) is 61.5 Å². The molecule has 0 radical (unpaired) electrons. The Kier molecular flexibility index (Phi) is 4.78. The van der Waals surface area contributed by atoms with Crippen molar-refractivity contribution in [2.75, 3.05) is 5.32 Å². The highest BCUT2D eigenvalue weighted by molar-refractivity contribution is 7.12. The predicted octanol–water partition coefficient (Wildman–Crippen LogP) is 3.38. The fourth-order valence-electron chi connectivity index (χ4n) is 2.40. The third kappa shape index (κ3) is 3.67. The molecule has 0 spiro atoms. The molecular formula is C17H17ClN4O2S. The Hall–Kier alpha value is -2.38. The molecule has 0 unspecified atom stereocenters. The second-order valence-electron chi connectivity index (χ2n) is 5.82. The zero-order valence-electron chi connectivity index (χ0n) is 14.0. The average Bonchev–Trinajstić information content (AvgIpc) is 3.09. The number of carbonyl (C=O) groups is 1. The van der Waals surface area contributed by atoms with E-state index in [-0.39, 0.29) is 17.9 Å². The summed E-state index contributed by atoms with van der Waals surface area (Å²) < 4.78 is 1.37. The molecule has 1 aromatic carbocycles. The molecule has 8 heteroatoms. The van der Waals surface area contributed by atoms with Crippen LogP contribution in [0.25, 0.3) is 5.13 Å². The summed E-state index contributed by atoms with van der Waals surface area (Å²) in [6.07, 6.45) is -0.0238. The van der Waals surface area contributed by atoms with E-state index in [0.29, 0.717) is 27.1 Å². The smallest absolute Gasteiger partial charge is 0.277 e. The number of halogens is 1. The van der Waals surface area contributed by atoms with E-state index in [4.69, 9.17) is 11.6 Å². The molecular weight excluding hydrogens is 360 g/mol. The molecule has 2 aromatic heterocycles. The number of carbonyl (C=O) groups excluding carboxylic acids is 1. The van der Waals surface area contributed by atoms with Crippen LogP contribution in [0.4, 0.5) is 5.69 Å². The summed E-state index contributed by atoms with van der Waals surface area (Å²) in [7, 11) is 0. The van der Waals surface area contributed by atoms with Crippen molar-refractivity contribution in [2.24, 2.45) is 0 Å². The van der Waals surface area contributed by atoms with Crippen LogP contribution in [0.5, 0.6) is 0 Å². The predicted molar refractivity (Wildman–Crippen MR) is 100 cm³/mol. The van der Waals surface area contributed by atoms with E-state index in [1.807, 2.05) is 25.3 Å². The highest BCUT2D eigenvalue weighted by Crippen LogP contribution is 2.20. The molecule has 0 aliphatic carbocycles. The standard InChI is InChI=1S/C17H17ClN4O2S/c1-9-4-5-12(6-14(9)18)20-15(23)7-13-11(3)21-22(16(13)24)17-19-10(2)8-25-17/h4-6,8,21H,7H2,1-3H3,(H,20,23). The molecule has 3 aromatic rings. The van der Waals surface area contributed by atoms with Crippen molar-refractivity contribution in [1.82, 2.24) is 14.8 Å². The Morgan fingerprint density at radius 1 is 1.36 bits per heavy atom. The Bertz CT molecular complexity index is 1000. The highest BCUT2D eigenvalue weighted by Gasteiger charge is 2.17. The minimum absolute atomic E-state index is 0.0238. The quantitative estimate of drug-likeness (QED) is 0.732. The van der Waals surface area contributed by atoms with Gasteiger partial charge in [0.15, 0.2) is 0 Å². The monoisotopic (exact) mass is 376 g/mol. The largest absolute Gasteiger partial charge is 0.326 e. The number of anilines is 1. The van der Waals surface area contributed by atoms with Crippen molar-refractivity contribution in [3.63, 3.8) is 0 Å². The number of aryl methyl sites for hydroxylation is 3. The topological polar surface area (TPSA) is 79.8 Å². The van der Waals surface area contributed by atoms with Gasteiger partial charge in [-0.1, -0.05) is 17.7 Å². The van der Waals surface area contributed by atoms with Gasteiger partial charge >= 0.3 is 0 Å². The van der Waals surface area contributed by atoms with E-state index in [1.165, 1.54) is 16.0 Å². The lowest BCUT2D eigenvalue weighted by Crippen LogP contribution is -2.22. The van der Waals surface area contributed by atoms with Gasteiger partial charge in [-0.15, -0.1) is 11.3 Å². The van der Waals surface area contributed by atoms with Crippen LogP contribution in [0.2, 0.25) is 5.02 Å². The number of rotatable bonds is 4. The van der Waals surface area contributed by atoms with Crippen LogP contribution in [0.3, 0.4) is 0 Å². The van der Waals surface area contributed by atoms with Gasteiger partial charge in [-0.05, 0) is 38.5 Å². The van der Waals surface area contributed by atoms with E-state index in [1.54, 1.807) is 19.1 Å². The number of benzene rings is 1. The normalized spacial score (nSPS) is 10.9. The fraction of sp³-hybridized carbons (Fsp3) is 0.235. The number of nitrogens with one attached hydrogen (secondary N) is 2. The lowest BCUT2D eigenvalue weighted by atomic mass is 10.1. The molecule has 2 N–H and O–H groups in total. The summed E-state index contributed by atoms with van der Waals surface area (Å²) in [5.74, 6) is -0.276. The number of nitrogens with zero attached hydrogens (tertiary/aromatic N) is 2. The van der Waals surface area contributed by atoms with Crippen molar-refractivity contribution in [3.8, 4) is 5.13 Å². The molecule has 0 fully saturated rings. The van der Waals surface area contributed by atoms with Crippen LogP contribution in [0.15, 0.2) is 28.4 Å². The summed E-state index contributed by atoms with van der Waals surface area (Å²) in [4.78, 5) is 29.2. The van der Waals surface area contributed by atoms with Gasteiger partial charge in [-0.3, -0.25) is 14.7 Å². The van der Waals surface area contributed by atoms with Crippen LogP contribution >= 0.6 is 22.9 Å². The van der Waals surface area contributed by atoms with Gasteiger partial charge in [0.2, 0.25) is 11.0 Å². The Morgan fingerprint density at radius 3 is 2.76 bits per heavy atom. The van der Waals surface area contributed by atoms with E-state index in [2.05, 4.69) is 15.4 Å². The van der Waals surface area contributed by atoms with Crippen LogP contribution in [-0.2, 0) is 11.2 Å². The van der Waals surface area contributed by atoms with Crippen LogP contribution in [0, 0.1) is 20.8 Å². The molecule has 0 atom stereocenters. The Labute approximate surface area is 153 Å². The maximum Gasteiger partial charge on any atom is 0.277 e. The molecule has 1 amide bonds. The number of aromatic amines is 1. The van der Waals surface area contributed by atoms with Crippen molar-refractivity contribution in [2.45, 2.75) is 27.2 Å². The third-order valence-electron chi connectivity index (χ3n) is 3.78. The molecule has 0 bridgehead atoms. The van der Waals surface area contributed by atoms with Crippen LogP contribution in [-0.4, -0.2) is 20.7 Å². The first kappa shape index (κ1) is 17.4. The van der Waals surface area contributed by atoms with E-state index in [0.717, 1.165) is 11.3 Å². The molecule has 2 heterocycles. The number of hydrogen-bond donors (Lipinski definition) is 2. The van der Waals surface area contributed by atoms with Crippen molar-refractivity contribution >= 4 is 34.5 Å². The Morgan fingerprint density at radius 2 is 2.12 bits per heavy atom. The second kappa shape index (κ2) is 6.85. The molecule has 130 valence electrons. The van der Waals surface area contributed by atoms with Gasteiger partial charge < -0.3 is 5.32 Å². The van der Waals surface area contributed by atoms with Gasteiger partial charge in [-0.25, -0.2) is 4.98 Å². The zero-order chi connectivity index (χ0) is 18.1. The second-order valence-corrected chi connectivity index (χ2v) is 7.06. The van der Waals surface area contributed by atoms with Crippen LogP contribution in [0.1, 0.15) is 22.5 Å². The minimum atomic E-state index is -0.276. The van der Waals surface area contributed by atoms with E-state index >= 15 is 0 Å². The lowest BCUT2D eigenvalue weighted by Gasteiger charge is -2.06. The van der Waals surface area contributed by atoms with Gasteiger partial charge in [0.05, 0.1) is 12.1 Å². The number of H-pyrrole nitrogens is 1. The highest BCUT2D eigenvalue weighted by atomic mass is 35.5. The maximum absolute atomic E-state index is 12.6. The molecule has 0 saturated heterocycles. The lowest BCUT2D eigenvalue weighted by molar-refractivity contribution is -0.115. The van der Waals surface area contributed by atoms with Crippen LogP contribution < -0.4 is 10.9 Å². The van der Waals surface area contributed by atoms with Gasteiger partial charge in [0, 0.05) is 27.3 Å². The first-order valence-corrected chi connectivity index (χ1v) is 8.90. The molecule has 0 aliphatic heterocycles. The number of thiazole rings is 1. The van der Waals surface area contributed by atoms with Crippen molar-refractivity contribution < 1.29 is 4.79 Å². The molecule has 0 aliphatic rings. The van der Waals surface area contributed by atoms with Gasteiger partial charge in [-0.2, -0.15) is 4.68 Å². The number of amides is 1. The van der Waals surface area contributed by atoms with Gasteiger partial charge in [0.25, 0.3) is 5.56 Å². The third-order valence-corrected chi connectivity index (χ3v) is 5.14. The Balaban J connectivity index is 1.80. The van der Waals surface area contributed by atoms with Crippen molar-refractivity contribution in [1.29, 1.82) is 0 Å². The zero-order valence-corrected chi connectivity index (χ0v) is 15.6.